The van der Waals surface area contributed by atoms with Gasteiger partial charge in [0.2, 0.25) is 0 Å². The van der Waals surface area contributed by atoms with Gasteiger partial charge < -0.3 is 0 Å². The van der Waals surface area contributed by atoms with Crippen LogP contribution in [-0.4, -0.2) is 7.85 Å². The van der Waals surface area contributed by atoms with Crippen LogP contribution < -0.4 is 0 Å². The van der Waals surface area contributed by atoms with Crippen molar-refractivity contribution in [1.29, 1.82) is 0 Å². The van der Waals surface area contributed by atoms with Crippen LogP contribution in [0, 0.1) is 46.3 Å². The quantitative estimate of drug-likeness (QED) is 0.385. The Bertz CT molecular complexity index is 435. The van der Waals surface area contributed by atoms with Gasteiger partial charge in [-0.15, -0.1) is 5.98 Å². The zero-order chi connectivity index (χ0) is 18.1. The largest absolute Gasteiger partial charge is 0.135 e. The van der Waals surface area contributed by atoms with Crippen molar-refractivity contribution in [3.63, 3.8) is 0 Å². The normalized spacial score (nSPS) is 33.2. The second-order valence-corrected chi connectivity index (χ2v) is 10.4. The van der Waals surface area contributed by atoms with Crippen LogP contribution in [0.5, 0.6) is 0 Å². The van der Waals surface area contributed by atoms with Crippen molar-refractivity contribution < 1.29 is 0 Å². The lowest BCUT2D eigenvalue weighted by atomic mass is 9.64. The Hall–Kier alpha value is -0.195. The van der Waals surface area contributed by atoms with E-state index >= 15 is 0 Å². The van der Waals surface area contributed by atoms with Crippen molar-refractivity contribution in [3.05, 3.63) is 12.1 Å². The number of allylic oxidation sites excluding steroid dienone is 1. The molecule has 2 aliphatic carbocycles. The molecule has 0 heterocycles. The standard InChI is InChI=1S/C23H41B/c1-8-19-13-23(15-21(19)23)14-20(16(2)3)18(5)17(4)9-10-22(6,7)11-12-24/h11-12,16-21H,8-10,13-15H2,1-7H3. The summed E-state index contributed by atoms with van der Waals surface area (Å²) in [4.78, 5) is 0. The SMILES string of the molecule is [B]C=CC(C)(C)CCC(C)C(C)C(CC12CC(CC)C1C2)C(C)C. The zero-order valence-electron chi connectivity index (χ0n) is 17.4. The van der Waals surface area contributed by atoms with Gasteiger partial charge in [0.25, 0.3) is 0 Å². The van der Waals surface area contributed by atoms with Crippen LogP contribution in [0.1, 0.15) is 87.0 Å². The van der Waals surface area contributed by atoms with Crippen molar-refractivity contribution in [3.8, 4) is 0 Å². The van der Waals surface area contributed by atoms with E-state index in [0.717, 1.165) is 40.9 Å². The molecule has 0 aromatic carbocycles. The number of rotatable bonds is 10. The molecule has 2 aliphatic rings. The summed E-state index contributed by atoms with van der Waals surface area (Å²) in [6.45, 7) is 16.9. The first kappa shape index (κ1) is 20.1. The molecule has 0 aromatic heterocycles. The highest BCUT2D eigenvalue weighted by Gasteiger charge is 2.66. The maximum absolute atomic E-state index is 5.61. The minimum atomic E-state index is 0.235. The summed E-state index contributed by atoms with van der Waals surface area (Å²) >= 11 is 0. The minimum Gasteiger partial charge on any atom is -0.135 e. The Balaban J connectivity index is 1.88. The fraction of sp³-hybridized carbons (Fsp3) is 0.913. The van der Waals surface area contributed by atoms with Crippen LogP contribution in [0.4, 0.5) is 0 Å². The fourth-order valence-corrected chi connectivity index (χ4v) is 5.66. The first-order chi connectivity index (χ1) is 11.2. The molecule has 136 valence electrons. The molecule has 6 unspecified atom stereocenters. The second kappa shape index (κ2) is 7.59. The lowest BCUT2D eigenvalue weighted by molar-refractivity contribution is 0.0846. The molecule has 6 atom stereocenters. The summed E-state index contributed by atoms with van der Waals surface area (Å²) in [6, 6.07) is 0. The smallest absolute Gasteiger partial charge is 0.102 e. The van der Waals surface area contributed by atoms with E-state index in [2.05, 4.69) is 54.5 Å². The predicted molar refractivity (Wildman–Crippen MR) is 108 cm³/mol. The third-order valence-corrected chi connectivity index (χ3v) is 7.88. The van der Waals surface area contributed by atoms with E-state index < -0.39 is 0 Å². The summed E-state index contributed by atoms with van der Waals surface area (Å²) < 4.78 is 0. The van der Waals surface area contributed by atoms with E-state index in [0.29, 0.717) is 0 Å². The Morgan fingerprint density at radius 1 is 1.17 bits per heavy atom. The molecule has 2 saturated carbocycles. The van der Waals surface area contributed by atoms with Crippen LogP contribution >= 0.6 is 0 Å². The molecule has 0 N–H and O–H groups in total. The molecule has 0 aliphatic heterocycles. The maximum atomic E-state index is 5.61. The Labute approximate surface area is 153 Å². The predicted octanol–water partition coefficient (Wildman–Crippen LogP) is 6.85. The topological polar surface area (TPSA) is 0 Å². The number of hydrogen-bond donors (Lipinski definition) is 0. The Morgan fingerprint density at radius 2 is 1.83 bits per heavy atom. The first-order valence-electron chi connectivity index (χ1n) is 10.5. The third kappa shape index (κ3) is 4.31. The van der Waals surface area contributed by atoms with Gasteiger partial charge in [0.05, 0.1) is 0 Å². The molecular weight excluding hydrogens is 287 g/mol. The van der Waals surface area contributed by atoms with Crippen LogP contribution in [0.2, 0.25) is 0 Å². The van der Waals surface area contributed by atoms with E-state index in [-0.39, 0.29) is 5.41 Å². The van der Waals surface area contributed by atoms with E-state index in [1.165, 1.54) is 32.1 Å². The molecule has 24 heavy (non-hydrogen) atoms. The van der Waals surface area contributed by atoms with Crippen molar-refractivity contribution in [1.82, 2.24) is 0 Å². The first-order valence-corrected chi connectivity index (χ1v) is 10.5. The summed E-state index contributed by atoms with van der Waals surface area (Å²) in [5, 5.41) is 0. The highest BCUT2D eigenvalue weighted by atomic mass is 14.7. The van der Waals surface area contributed by atoms with Gasteiger partial charge in [0, 0.05) is 0 Å². The summed E-state index contributed by atoms with van der Waals surface area (Å²) in [7, 11) is 5.61. The highest BCUT2D eigenvalue weighted by molar-refractivity contribution is 6.17. The van der Waals surface area contributed by atoms with Crippen molar-refractivity contribution in [2.45, 2.75) is 87.0 Å². The van der Waals surface area contributed by atoms with Crippen molar-refractivity contribution in [2.75, 3.05) is 0 Å². The monoisotopic (exact) mass is 328 g/mol. The lowest BCUT2D eigenvalue weighted by Crippen LogP contribution is -2.33. The summed E-state index contributed by atoms with van der Waals surface area (Å²) in [5.74, 6) is 7.23. The van der Waals surface area contributed by atoms with Gasteiger partial charge in [0.1, 0.15) is 7.85 Å². The summed E-state index contributed by atoms with van der Waals surface area (Å²) in [5.41, 5.74) is 1.02. The van der Waals surface area contributed by atoms with E-state index in [1.807, 2.05) is 0 Å². The molecule has 0 bridgehead atoms. The molecule has 2 fully saturated rings. The van der Waals surface area contributed by atoms with Gasteiger partial charge in [-0.25, -0.2) is 0 Å². The summed E-state index contributed by atoms with van der Waals surface area (Å²) in [6.07, 6.45) is 10.7. The van der Waals surface area contributed by atoms with Gasteiger partial charge in [-0.2, -0.15) is 0 Å². The van der Waals surface area contributed by atoms with E-state index in [9.17, 15) is 0 Å². The molecule has 1 heteroatoms. The number of fused-ring (bicyclic) bond motifs is 1. The molecular formula is C23H41B. The average molecular weight is 328 g/mol. The lowest BCUT2D eigenvalue weighted by Gasteiger charge is -2.41. The van der Waals surface area contributed by atoms with Crippen LogP contribution in [-0.2, 0) is 0 Å². The van der Waals surface area contributed by atoms with Gasteiger partial charge >= 0.3 is 0 Å². The average Bonchev–Trinajstić information content (AvgIpc) is 3.07. The van der Waals surface area contributed by atoms with Crippen molar-refractivity contribution in [2.24, 2.45) is 46.3 Å². The van der Waals surface area contributed by atoms with Gasteiger partial charge in [-0.3, -0.25) is 0 Å². The Morgan fingerprint density at radius 3 is 2.33 bits per heavy atom. The molecule has 2 rings (SSSR count). The molecule has 0 saturated heterocycles. The van der Waals surface area contributed by atoms with Crippen LogP contribution in [0.15, 0.2) is 12.1 Å². The molecule has 0 aromatic rings. The van der Waals surface area contributed by atoms with Gasteiger partial charge in [0.15, 0.2) is 0 Å². The maximum Gasteiger partial charge on any atom is 0.102 e. The molecule has 0 amide bonds. The van der Waals surface area contributed by atoms with E-state index in [1.54, 1.807) is 12.4 Å². The minimum absolute atomic E-state index is 0.235. The van der Waals surface area contributed by atoms with Crippen LogP contribution in [0.3, 0.4) is 0 Å². The number of hydrogen-bond acceptors (Lipinski definition) is 0. The highest BCUT2D eigenvalue weighted by Crippen LogP contribution is 2.74. The molecule has 0 nitrogen and oxygen atoms in total. The second-order valence-electron chi connectivity index (χ2n) is 10.4. The zero-order valence-corrected chi connectivity index (χ0v) is 17.4. The molecule has 2 radical (unpaired) electrons. The fourth-order valence-electron chi connectivity index (χ4n) is 5.66. The van der Waals surface area contributed by atoms with Crippen molar-refractivity contribution >= 4 is 7.85 Å². The third-order valence-electron chi connectivity index (χ3n) is 7.88. The molecule has 0 spiro atoms. The van der Waals surface area contributed by atoms with Gasteiger partial charge in [-0.05, 0) is 78.4 Å². The van der Waals surface area contributed by atoms with Crippen LogP contribution in [0.25, 0.3) is 0 Å². The van der Waals surface area contributed by atoms with Gasteiger partial charge in [-0.1, -0.05) is 61.0 Å². The van der Waals surface area contributed by atoms with E-state index in [4.69, 9.17) is 7.85 Å². The Kier molecular flexibility index (Phi) is 6.36.